The number of piperidine rings is 1. The second kappa shape index (κ2) is 11.0. The van der Waals surface area contributed by atoms with Gasteiger partial charge < -0.3 is 19.3 Å². The van der Waals surface area contributed by atoms with E-state index in [9.17, 15) is 26.4 Å². The molecule has 0 bridgehead atoms. The van der Waals surface area contributed by atoms with Crippen molar-refractivity contribution in [2.24, 2.45) is 0 Å². The fraction of sp³-hybridized carbons (Fsp3) is 0.652. The Bertz CT molecular complexity index is 1190. The van der Waals surface area contributed by atoms with Crippen LogP contribution in [0.5, 0.6) is 0 Å². The van der Waals surface area contributed by atoms with Crippen LogP contribution in [0, 0.1) is 0 Å². The van der Waals surface area contributed by atoms with Crippen molar-refractivity contribution in [2.75, 3.05) is 69.5 Å². The van der Waals surface area contributed by atoms with Gasteiger partial charge in [-0.2, -0.15) is 4.31 Å². The topological polar surface area (TPSA) is 131 Å². The SMILES string of the molecule is CN(C(=O)COC(=O)c1cc(S(=O)(=O)N2CCCCC2)ccc1N1CCOCC1)[C@H]1CCS(=O)(=O)C1. The molecule has 200 valence electrons. The van der Waals surface area contributed by atoms with Crippen molar-refractivity contribution in [1.29, 1.82) is 0 Å². The number of likely N-dealkylation sites (N-methyl/N-ethyl adjacent to an activating group) is 1. The number of rotatable bonds is 7. The average Bonchev–Trinajstić information content (AvgIpc) is 3.26. The molecular formula is C23H33N3O8S2. The van der Waals surface area contributed by atoms with E-state index in [0.29, 0.717) is 51.5 Å². The monoisotopic (exact) mass is 543 g/mol. The van der Waals surface area contributed by atoms with Crippen LogP contribution in [0.15, 0.2) is 23.1 Å². The normalized spacial score (nSPS) is 22.8. The first-order chi connectivity index (χ1) is 17.1. The highest BCUT2D eigenvalue weighted by atomic mass is 32.2. The van der Waals surface area contributed by atoms with Crippen LogP contribution in [0.3, 0.4) is 0 Å². The maximum absolute atomic E-state index is 13.2. The molecule has 1 aromatic rings. The molecule has 3 saturated heterocycles. The molecule has 0 N–H and O–H groups in total. The summed E-state index contributed by atoms with van der Waals surface area (Å²) in [6.45, 7) is 2.28. The number of amides is 1. The predicted molar refractivity (Wildman–Crippen MR) is 132 cm³/mol. The number of ether oxygens (including phenoxy) is 2. The Morgan fingerprint density at radius 2 is 1.81 bits per heavy atom. The number of morpholine rings is 1. The molecule has 36 heavy (non-hydrogen) atoms. The summed E-state index contributed by atoms with van der Waals surface area (Å²) in [5, 5.41) is 0. The zero-order valence-corrected chi connectivity index (χ0v) is 22.1. The highest BCUT2D eigenvalue weighted by Gasteiger charge is 2.33. The predicted octanol–water partition coefficient (Wildman–Crippen LogP) is 0.500. The Balaban J connectivity index is 1.53. The quantitative estimate of drug-likeness (QED) is 0.451. The van der Waals surface area contributed by atoms with Crippen LogP contribution >= 0.6 is 0 Å². The first kappa shape index (κ1) is 26.8. The van der Waals surface area contributed by atoms with Gasteiger partial charge in [-0.15, -0.1) is 0 Å². The molecule has 1 amide bonds. The lowest BCUT2D eigenvalue weighted by Crippen LogP contribution is -2.40. The molecule has 0 aliphatic carbocycles. The van der Waals surface area contributed by atoms with Gasteiger partial charge in [-0.3, -0.25) is 4.79 Å². The number of benzene rings is 1. The van der Waals surface area contributed by atoms with Gasteiger partial charge in [0, 0.05) is 39.3 Å². The number of sulfone groups is 1. The van der Waals surface area contributed by atoms with Gasteiger partial charge in [-0.05, 0) is 37.5 Å². The van der Waals surface area contributed by atoms with E-state index in [1.54, 1.807) is 6.07 Å². The summed E-state index contributed by atoms with van der Waals surface area (Å²) in [6, 6.07) is 3.98. The molecule has 1 atom stereocenters. The fourth-order valence-corrected chi connectivity index (χ4v) is 8.08. The summed E-state index contributed by atoms with van der Waals surface area (Å²) < 4.78 is 62.1. The number of esters is 1. The number of anilines is 1. The molecular weight excluding hydrogens is 510 g/mol. The van der Waals surface area contributed by atoms with Gasteiger partial charge in [0.25, 0.3) is 5.91 Å². The van der Waals surface area contributed by atoms with E-state index >= 15 is 0 Å². The Morgan fingerprint density at radius 1 is 1.11 bits per heavy atom. The zero-order chi connectivity index (χ0) is 25.9. The first-order valence-electron chi connectivity index (χ1n) is 12.2. The van der Waals surface area contributed by atoms with Gasteiger partial charge in [0.2, 0.25) is 10.0 Å². The van der Waals surface area contributed by atoms with Crippen LogP contribution in [0.2, 0.25) is 0 Å². The second-order valence-electron chi connectivity index (χ2n) is 9.38. The van der Waals surface area contributed by atoms with Gasteiger partial charge >= 0.3 is 5.97 Å². The Labute approximate surface area is 212 Å². The molecule has 11 nitrogen and oxygen atoms in total. The number of carbonyl (C=O) groups is 2. The van der Waals surface area contributed by atoms with Gasteiger partial charge in [-0.1, -0.05) is 6.42 Å². The lowest BCUT2D eigenvalue weighted by molar-refractivity contribution is -0.134. The number of hydrogen-bond donors (Lipinski definition) is 0. The minimum atomic E-state index is -3.78. The minimum absolute atomic E-state index is 0.00738. The van der Waals surface area contributed by atoms with Gasteiger partial charge in [0.15, 0.2) is 16.4 Å². The molecule has 0 spiro atoms. The van der Waals surface area contributed by atoms with Crippen molar-refractivity contribution in [3.8, 4) is 0 Å². The van der Waals surface area contributed by atoms with Gasteiger partial charge in [-0.25, -0.2) is 21.6 Å². The summed E-state index contributed by atoms with van der Waals surface area (Å²) in [4.78, 5) is 29.0. The summed E-state index contributed by atoms with van der Waals surface area (Å²) in [5.74, 6) is -1.42. The molecule has 3 aliphatic rings. The maximum atomic E-state index is 13.2. The Hall–Kier alpha value is -2.22. The van der Waals surface area contributed by atoms with Crippen molar-refractivity contribution < 1.29 is 35.9 Å². The average molecular weight is 544 g/mol. The third-order valence-corrected chi connectivity index (χ3v) is 10.6. The van der Waals surface area contributed by atoms with Crippen molar-refractivity contribution in [2.45, 2.75) is 36.6 Å². The van der Waals surface area contributed by atoms with Crippen LogP contribution in [0.4, 0.5) is 5.69 Å². The van der Waals surface area contributed by atoms with E-state index in [4.69, 9.17) is 9.47 Å². The first-order valence-corrected chi connectivity index (χ1v) is 15.4. The molecule has 13 heteroatoms. The van der Waals surface area contributed by atoms with Gasteiger partial charge in [0.1, 0.15) is 0 Å². The number of hydrogen-bond acceptors (Lipinski definition) is 9. The maximum Gasteiger partial charge on any atom is 0.340 e. The largest absolute Gasteiger partial charge is 0.452 e. The Morgan fingerprint density at radius 3 is 2.44 bits per heavy atom. The number of sulfonamides is 1. The molecule has 3 aliphatic heterocycles. The highest BCUT2D eigenvalue weighted by Crippen LogP contribution is 2.29. The fourth-order valence-electron chi connectivity index (χ4n) is 4.76. The summed E-state index contributed by atoms with van der Waals surface area (Å²) >= 11 is 0. The van der Waals surface area contributed by atoms with E-state index in [1.165, 1.54) is 28.4 Å². The Kier molecular flexibility index (Phi) is 8.22. The second-order valence-corrected chi connectivity index (χ2v) is 13.5. The van der Waals surface area contributed by atoms with Crippen molar-refractivity contribution in [3.05, 3.63) is 23.8 Å². The van der Waals surface area contributed by atoms with Crippen LogP contribution in [-0.4, -0.2) is 109 Å². The number of carbonyl (C=O) groups excluding carboxylic acids is 2. The molecule has 0 radical (unpaired) electrons. The van der Waals surface area contributed by atoms with E-state index < -0.39 is 44.4 Å². The molecule has 0 unspecified atom stereocenters. The summed E-state index contributed by atoms with van der Waals surface area (Å²) in [6.07, 6.45) is 2.90. The molecule has 3 heterocycles. The van der Waals surface area contributed by atoms with E-state index in [1.807, 2.05) is 4.90 Å². The zero-order valence-electron chi connectivity index (χ0n) is 20.4. The van der Waals surface area contributed by atoms with E-state index in [2.05, 4.69) is 0 Å². The van der Waals surface area contributed by atoms with Crippen LogP contribution in [0.1, 0.15) is 36.0 Å². The smallest absolute Gasteiger partial charge is 0.340 e. The molecule has 4 rings (SSSR count). The van der Waals surface area contributed by atoms with Crippen LogP contribution in [-0.2, 0) is 34.1 Å². The standard InChI is InChI=1S/C23H33N3O8S2/c1-24(18-7-14-35(29,30)17-18)22(27)16-34-23(28)20-15-19(36(31,32)26-8-3-2-4-9-26)5-6-21(20)25-10-12-33-13-11-25/h5-6,15,18H,2-4,7-14,16-17H2,1H3/t18-/m0/s1. The molecule has 1 aromatic carbocycles. The van der Waals surface area contributed by atoms with E-state index in [-0.39, 0.29) is 22.0 Å². The van der Waals surface area contributed by atoms with Crippen LogP contribution in [0.25, 0.3) is 0 Å². The number of nitrogens with zero attached hydrogens (tertiary/aromatic N) is 3. The lowest BCUT2D eigenvalue weighted by Gasteiger charge is -2.31. The third kappa shape index (κ3) is 6.01. The van der Waals surface area contributed by atoms with Crippen molar-refractivity contribution >= 4 is 37.4 Å². The summed E-state index contributed by atoms with van der Waals surface area (Å²) in [5.41, 5.74) is 0.581. The molecule has 0 aromatic heterocycles. The lowest BCUT2D eigenvalue weighted by atomic mass is 10.1. The van der Waals surface area contributed by atoms with Gasteiger partial charge in [0.05, 0.1) is 40.9 Å². The highest BCUT2D eigenvalue weighted by molar-refractivity contribution is 7.91. The van der Waals surface area contributed by atoms with Crippen LogP contribution < -0.4 is 4.90 Å². The van der Waals surface area contributed by atoms with Crippen molar-refractivity contribution in [3.63, 3.8) is 0 Å². The molecule has 3 fully saturated rings. The minimum Gasteiger partial charge on any atom is -0.452 e. The van der Waals surface area contributed by atoms with Crippen molar-refractivity contribution in [1.82, 2.24) is 9.21 Å². The summed E-state index contributed by atoms with van der Waals surface area (Å²) in [7, 11) is -5.46. The molecule has 0 saturated carbocycles. The van der Waals surface area contributed by atoms with E-state index in [0.717, 1.165) is 19.3 Å². The third-order valence-electron chi connectivity index (χ3n) is 6.97.